The normalized spacial score (nSPS) is 14.4. The van der Waals surface area contributed by atoms with Gasteiger partial charge in [-0.3, -0.25) is 9.89 Å². The Balaban J connectivity index is 1.76. The number of aryl methyl sites for hydroxylation is 1. The van der Waals surface area contributed by atoms with Crippen LogP contribution in [0.4, 0.5) is 10.1 Å². The molecule has 6 heteroatoms. The summed E-state index contributed by atoms with van der Waals surface area (Å²) in [6, 6.07) is 4.19. The van der Waals surface area contributed by atoms with Crippen molar-refractivity contribution in [3.05, 3.63) is 41.2 Å². The van der Waals surface area contributed by atoms with Gasteiger partial charge >= 0.3 is 0 Å². The first-order chi connectivity index (χ1) is 9.13. The zero-order valence-electron chi connectivity index (χ0n) is 10.4. The van der Waals surface area contributed by atoms with Crippen molar-refractivity contribution in [3.8, 4) is 0 Å². The summed E-state index contributed by atoms with van der Waals surface area (Å²) in [7, 11) is 0. The Morgan fingerprint density at radius 1 is 1.47 bits per heavy atom. The number of hydrogen-bond acceptors (Lipinski definition) is 3. The number of aromatic amines is 1. The molecule has 1 heterocycles. The molecule has 0 aliphatic heterocycles. The number of benzene rings is 1. The maximum Gasteiger partial charge on any atom is 0.295 e. The van der Waals surface area contributed by atoms with Gasteiger partial charge in [0.05, 0.1) is 0 Å². The molecule has 2 aromatic rings. The Hall–Kier alpha value is -2.24. The van der Waals surface area contributed by atoms with Gasteiger partial charge in [0.1, 0.15) is 11.6 Å². The van der Waals surface area contributed by atoms with Crippen molar-refractivity contribution in [3.63, 3.8) is 0 Å². The monoisotopic (exact) mass is 260 g/mol. The molecule has 1 amide bonds. The van der Waals surface area contributed by atoms with E-state index in [0.717, 1.165) is 18.7 Å². The molecule has 19 heavy (non-hydrogen) atoms. The van der Waals surface area contributed by atoms with Gasteiger partial charge in [-0.05, 0) is 43.5 Å². The number of carbonyl (C=O) groups excluding carboxylic acids is 1. The Morgan fingerprint density at radius 2 is 2.26 bits per heavy atom. The summed E-state index contributed by atoms with van der Waals surface area (Å²) in [5.74, 6) is 0.579. The van der Waals surface area contributed by atoms with Gasteiger partial charge in [0.25, 0.3) is 5.91 Å². The molecule has 1 aromatic heterocycles. The SMILES string of the molecule is Cc1cc(F)ccc1NC(=O)c1n[nH]c(C2CC2)n1. The summed E-state index contributed by atoms with van der Waals surface area (Å²) >= 11 is 0. The summed E-state index contributed by atoms with van der Waals surface area (Å²) < 4.78 is 13.0. The van der Waals surface area contributed by atoms with Crippen LogP contribution in [0.3, 0.4) is 0 Å². The third-order valence-electron chi connectivity index (χ3n) is 3.11. The number of hydrogen-bond donors (Lipinski definition) is 2. The molecule has 1 aliphatic rings. The topological polar surface area (TPSA) is 70.7 Å². The van der Waals surface area contributed by atoms with Gasteiger partial charge in [-0.15, -0.1) is 5.10 Å². The number of nitrogens with one attached hydrogen (secondary N) is 2. The van der Waals surface area contributed by atoms with E-state index in [1.807, 2.05) is 0 Å². The van der Waals surface area contributed by atoms with E-state index in [1.54, 1.807) is 6.92 Å². The molecule has 3 rings (SSSR count). The molecule has 0 atom stereocenters. The number of rotatable bonds is 3. The second kappa shape index (κ2) is 4.46. The third-order valence-corrected chi connectivity index (χ3v) is 3.11. The Bertz CT molecular complexity index is 633. The minimum absolute atomic E-state index is 0.116. The molecule has 1 fully saturated rings. The minimum Gasteiger partial charge on any atom is -0.319 e. The highest BCUT2D eigenvalue weighted by atomic mass is 19.1. The van der Waals surface area contributed by atoms with Gasteiger partial charge in [-0.25, -0.2) is 9.37 Å². The van der Waals surface area contributed by atoms with Crippen LogP contribution in [0.5, 0.6) is 0 Å². The van der Waals surface area contributed by atoms with Crippen LogP contribution in [0, 0.1) is 12.7 Å². The van der Waals surface area contributed by atoms with E-state index in [9.17, 15) is 9.18 Å². The lowest BCUT2D eigenvalue weighted by Gasteiger charge is -2.06. The molecule has 0 bridgehead atoms. The number of nitrogens with zero attached hydrogens (tertiary/aromatic N) is 2. The molecule has 5 nitrogen and oxygen atoms in total. The van der Waals surface area contributed by atoms with Crippen molar-refractivity contribution in [1.82, 2.24) is 15.2 Å². The van der Waals surface area contributed by atoms with Crippen LogP contribution in [0.1, 0.15) is 40.8 Å². The lowest BCUT2D eigenvalue weighted by atomic mass is 10.2. The number of carbonyl (C=O) groups is 1. The van der Waals surface area contributed by atoms with E-state index < -0.39 is 5.91 Å². The second-order valence-corrected chi connectivity index (χ2v) is 4.73. The first-order valence-electron chi connectivity index (χ1n) is 6.13. The molecule has 1 saturated carbocycles. The summed E-state index contributed by atoms with van der Waals surface area (Å²) in [6.45, 7) is 1.73. The quantitative estimate of drug-likeness (QED) is 0.890. The van der Waals surface area contributed by atoms with Crippen LogP contribution in [0.2, 0.25) is 0 Å². The molecule has 1 aromatic carbocycles. The van der Waals surface area contributed by atoms with Crippen LogP contribution < -0.4 is 5.32 Å². The second-order valence-electron chi connectivity index (χ2n) is 4.73. The molecular formula is C13H13FN4O. The maximum atomic E-state index is 13.0. The van der Waals surface area contributed by atoms with Crippen molar-refractivity contribution in [2.24, 2.45) is 0 Å². The standard InChI is InChI=1S/C13H13FN4O/c1-7-6-9(14)4-5-10(7)15-13(19)12-16-11(17-18-12)8-2-3-8/h4-6,8H,2-3H2,1H3,(H,15,19)(H,16,17,18). The lowest BCUT2D eigenvalue weighted by Crippen LogP contribution is -2.14. The van der Waals surface area contributed by atoms with Crippen LogP contribution in [-0.4, -0.2) is 21.1 Å². The van der Waals surface area contributed by atoms with E-state index in [0.29, 0.717) is 17.2 Å². The van der Waals surface area contributed by atoms with E-state index in [-0.39, 0.29) is 11.6 Å². The third kappa shape index (κ3) is 2.47. The Labute approximate surface area is 109 Å². The smallest absolute Gasteiger partial charge is 0.295 e. The van der Waals surface area contributed by atoms with Gasteiger partial charge in [-0.1, -0.05) is 0 Å². The minimum atomic E-state index is -0.391. The molecular weight excluding hydrogens is 247 g/mol. The molecule has 1 aliphatic carbocycles. The van der Waals surface area contributed by atoms with Gasteiger partial charge < -0.3 is 5.32 Å². The average Bonchev–Trinajstić information content (AvgIpc) is 3.10. The fraction of sp³-hybridized carbons (Fsp3) is 0.308. The van der Waals surface area contributed by atoms with Crippen molar-refractivity contribution < 1.29 is 9.18 Å². The largest absolute Gasteiger partial charge is 0.319 e. The molecule has 0 saturated heterocycles. The van der Waals surface area contributed by atoms with Crippen molar-refractivity contribution >= 4 is 11.6 Å². The highest BCUT2D eigenvalue weighted by Gasteiger charge is 2.28. The van der Waals surface area contributed by atoms with Crippen molar-refractivity contribution in [2.75, 3.05) is 5.32 Å². The number of amides is 1. The molecule has 98 valence electrons. The summed E-state index contributed by atoms with van der Waals surface area (Å²) in [5, 5.41) is 9.35. The van der Waals surface area contributed by atoms with Gasteiger partial charge in [-0.2, -0.15) is 0 Å². The lowest BCUT2D eigenvalue weighted by molar-refractivity contribution is 0.101. The number of H-pyrrole nitrogens is 1. The summed E-state index contributed by atoms with van der Waals surface area (Å²) in [4.78, 5) is 16.1. The first-order valence-corrected chi connectivity index (χ1v) is 6.13. The summed E-state index contributed by atoms with van der Waals surface area (Å²) in [5.41, 5.74) is 1.22. The van der Waals surface area contributed by atoms with Gasteiger partial charge in [0.15, 0.2) is 0 Å². The Kier molecular flexibility index (Phi) is 2.77. The molecule has 0 unspecified atom stereocenters. The zero-order valence-corrected chi connectivity index (χ0v) is 10.4. The highest BCUT2D eigenvalue weighted by Crippen LogP contribution is 2.37. The van der Waals surface area contributed by atoms with E-state index in [4.69, 9.17) is 0 Å². The predicted molar refractivity (Wildman–Crippen MR) is 67.4 cm³/mol. The van der Waals surface area contributed by atoms with Crippen LogP contribution in [0.15, 0.2) is 18.2 Å². The predicted octanol–water partition coefficient (Wildman–Crippen LogP) is 2.38. The van der Waals surface area contributed by atoms with Crippen LogP contribution in [0.25, 0.3) is 0 Å². The fourth-order valence-electron chi connectivity index (χ4n) is 1.86. The average molecular weight is 260 g/mol. The van der Waals surface area contributed by atoms with Gasteiger partial charge in [0, 0.05) is 11.6 Å². The van der Waals surface area contributed by atoms with Crippen molar-refractivity contribution in [1.29, 1.82) is 0 Å². The van der Waals surface area contributed by atoms with E-state index >= 15 is 0 Å². The molecule has 0 spiro atoms. The summed E-state index contributed by atoms with van der Waals surface area (Å²) in [6.07, 6.45) is 2.18. The van der Waals surface area contributed by atoms with E-state index in [2.05, 4.69) is 20.5 Å². The van der Waals surface area contributed by atoms with E-state index in [1.165, 1.54) is 18.2 Å². The van der Waals surface area contributed by atoms with Gasteiger partial charge in [0.2, 0.25) is 5.82 Å². The zero-order chi connectivity index (χ0) is 13.4. The molecule has 2 N–H and O–H groups in total. The Morgan fingerprint density at radius 3 is 2.95 bits per heavy atom. The first kappa shape index (κ1) is 11.8. The van der Waals surface area contributed by atoms with Crippen molar-refractivity contribution in [2.45, 2.75) is 25.7 Å². The number of anilines is 1. The molecule has 0 radical (unpaired) electrons. The maximum absolute atomic E-state index is 13.0. The van der Waals surface area contributed by atoms with Crippen LogP contribution in [-0.2, 0) is 0 Å². The fourth-order valence-corrected chi connectivity index (χ4v) is 1.86. The number of aromatic nitrogens is 3. The van der Waals surface area contributed by atoms with Crippen LogP contribution >= 0.6 is 0 Å². The number of halogens is 1. The highest BCUT2D eigenvalue weighted by molar-refractivity contribution is 6.01.